The van der Waals surface area contributed by atoms with Crippen molar-refractivity contribution in [2.75, 3.05) is 21.3 Å². The first kappa shape index (κ1) is 13.4. The van der Waals surface area contributed by atoms with Crippen molar-refractivity contribution in [2.24, 2.45) is 0 Å². The summed E-state index contributed by atoms with van der Waals surface area (Å²) >= 11 is 0. The molecule has 1 N–H and O–H groups in total. The SMILES string of the molecule is COc1cc(C)c2c(oc3ccc(O)c(OC)c32)c1OC. The minimum Gasteiger partial charge on any atom is -0.504 e. The Kier molecular flexibility index (Phi) is 3.05. The summed E-state index contributed by atoms with van der Waals surface area (Å²) in [6.07, 6.45) is 0. The molecule has 1 aromatic heterocycles. The summed E-state index contributed by atoms with van der Waals surface area (Å²) in [4.78, 5) is 0. The Bertz CT molecular complexity index is 832. The molecule has 0 aliphatic heterocycles. The largest absolute Gasteiger partial charge is 0.504 e. The number of hydrogen-bond acceptors (Lipinski definition) is 5. The van der Waals surface area contributed by atoms with E-state index < -0.39 is 0 Å². The van der Waals surface area contributed by atoms with Gasteiger partial charge in [0.15, 0.2) is 22.8 Å². The van der Waals surface area contributed by atoms with Crippen molar-refractivity contribution in [1.29, 1.82) is 0 Å². The highest BCUT2D eigenvalue weighted by atomic mass is 16.5. The van der Waals surface area contributed by atoms with Gasteiger partial charge in [-0.15, -0.1) is 0 Å². The molecule has 21 heavy (non-hydrogen) atoms. The van der Waals surface area contributed by atoms with Crippen LogP contribution in [0, 0.1) is 6.92 Å². The maximum atomic E-state index is 9.98. The summed E-state index contributed by atoms with van der Waals surface area (Å²) < 4.78 is 22.0. The second-order valence-electron chi connectivity index (χ2n) is 4.73. The molecule has 5 nitrogen and oxygen atoms in total. The lowest BCUT2D eigenvalue weighted by Gasteiger charge is -2.10. The van der Waals surface area contributed by atoms with Gasteiger partial charge >= 0.3 is 0 Å². The molecule has 0 unspecified atom stereocenters. The van der Waals surface area contributed by atoms with E-state index in [1.54, 1.807) is 26.4 Å². The van der Waals surface area contributed by atoms with Gasteiger partial charge in [0.25, 0.3) is 0 Å². The number of benzene rings is 2. The molecule has 0 spiro atoms. The fourth-order valence-electron chi connectivity index (χ4n) is 2.68. The Morgan fingerprint density at radius 1 is 0.952 bits per heavy atom. The van der Waals surface area contributed by atoms with Gasteiger partial charge in [-0.25, -0.2) is 0 Å². The molecule has 0 radical (unpaired) electrons. The molecule has 0 bridgehead atoms. The molecule has 2 aromatic carbocycles. The molecule has 0 fully saturated rings. The molecule has 110 valence electrons. The van der Waals surface area contributed by atoms with Crippen LogP contribution >= 0.6 is 0 Å². The highest BCUT2D eigenvalue weighted by Crippen LogP contribution is 2.47. The summed E-state index contributed by atoms with van der Waals surface area (Å²) in [6.45, 7) is 1.95. The zero-order valence-corrected chi connectivity index (χ0v) is 12.3. The lowest BCUT2D eigenvalue weighted by molar-refractivity contribution is 0.354. The molecule has 3 rings (SSSR count). The molecule has 0 aliphatic rings. The summed E-state index contributed by atoms with van der Waals surface area (Å²) in [5, 5.41) is 11.6. The summed E-state index contributed by atoms with van der Waals surface area (Å²) in [7, 11) is 4.66. The van der Waals surface area contributed by atoms with Crippen LogP contribution in [0.2, 0.25) is 0 Å². The van der Waals surface area contributed by atoms with Crippen LogP contribution in [0.5, 0.6) is 23.0 Å². The molecule has 3 aromatic rings. The highest BCUT2D eigenvalue weighted by molar-refractivity contribution is 6.13. The van der Waals surface area contributed by atoms with Gasteiger partial charge in [-0.3, -0.25) is 0 Å². The predicted molar refractivity (Wildman–Crippen MR) is 79.8 cm³/mol. The number of rotatable bonds is 3. The van der Waals surface area contributed by atoms with E-state index in [9.17, 15) is 5.11 Å². The number of phenols is 1. The zero-order valence-electron chi connectivity index (χ0n) is 12.3. The van der Waals surface area contributed by atoms with Gasteiger partial charge in [-0.1, -0.05) is 0 Å². The fourth-order valence-corrected chi connectivity index (χ4v) is 2.68. The average Bonchev–Trinajstić information content (AvgIpc) is 2.87. The fraction of sp³-hybridized carbons (Fsp3) is 0.250. The monoisotopic (exact) mass is 288 g/mol. The standard InChI is InChI=1S/C16H16O5/c1-8-7-11(18-2)15(20-4)16-12(8)13-10(21-16)6-5-9(17)14(13)19-3/h5-7,17H,1-4H3. The van der Waals surface area contributed by atoms with Gasteiger partial charge in [0.2, 0.25) is 5.75 Å². The van der Waals surface area contributed by atoms with Crippen LogP contribution in [0.3, 0.4) is 0 Å². The third-order valence-corrected chi connectivity index (χ3v) is 3.59. The van der Waals surface area contributed by atoms with Gasteiger partial charge in [-0.2, -0.15) is 0 Å². The molecule has 0 atom stereocenters. The number of furan rings is 1. The lowest BCUT2D eigenvalue weighted by atomic mass is 10.1. The first-order chi connectivity index (χ1) is 10.1. The minimum absolute atomic E-state index is 0.0712. The predicted octanol–water partition coefficient (Wildman–Crippen LogP) is 3.63. The second kappa shape index (κ2) is 4.77. The van der Waals surface area contributed by atoms with E-state index in [0.717, 1.165) is 16.3 Å². The third kappa shape index (κ3) is 1.77. The highest BCUT2D eigenvalue weighted by Gasteiger charge is 2.22. The van der Waals surface area contributed by atoms with Crippen LogP contribution < -0.4 is 14.2 Å². The summed E-state index contributed by atoms with van der Waals surface area (Å²) in [5.41, 5.74) is 2.15. The number of aromatic hydroxyl groups is 1. The van der Waals surface area contributed by atoms with Gasteiger partial charge in [-0.05, 0) is 30.7 Å². The van der Waals surface area contributed by atoms with Crippen molar-refractivity contribution in [3.05, 3.63) is 23.8 Å². The third-order valence-electron chi connectivity index (χ3n) is 3.59. The molecule has 0 saturated heterocycles. The van der Waals surface area contributed by atoms with Crippen LogP contribution in [-0.2, 0) is 0 Å². The maximum absolute atomic E-state index is 9.98. The number of hydrogen-bond donors (Lipinski definition) is 1. The minimum atomic E-state index is 0.0712. The Labute approximate surface area is 121 Å². The van der Waals surface area contributed by atoms with Crippen molar-refractivity contribution in [3.63, 3.8) is 0 Å². The van der Waals surface area contributed by atoms with Crippen LogP contribution in [0.25, 0.3) is 21.9 Å². The normalized spacial score (nSPS) is 11.0. The van der Waals surface area contributed by atoms with Gasteiger partial charge in [0.05, 0.1) is 26.7 Å². The lowest BCUT2D eigenvalue weighted by Crippen LogP contribution is -1.92. The van der Waals surface area contributed by atoms with E-state index in [-0.39, 0.29) is 5.75 Å². The quantitative estimate of drug-likeness (QED) is 0.797. The Balaban J connectivity index is 2.56. The summed E-state index contributed by atoms with van der Waals surface area (Å²) in [6, 6.07) is 5.13. The topological polar surface area (TPSA) is 61.1 Å². The smallest absolute Gasteiger partial charge is 0.204 e. The van der Waals surface area contributed by atoms with E-state index in [0.29, 0.717) is 28.4 Å². The van der Waals surface area contributed by atoms with Crippen molar-refractivity contribution >= 4 is 21.9 Å². The number of ether oxygens (including phenoxy) is 3. The molecule has 0 aliphatic carbocycles. The molecule has 1 heterocycles. The number of aryl methyl sites for hydroxylation is 1. The Morgan fingerprint density at radius 2 is 1.67 bits per heavy atom. The molecule has 0 amide bonds. The van der Waals surface area contributed by atoms with Crippen LogP contribution in [0.15, 0.2) is 22.6 Å². The van der Waals surface area contributed by atoms with E-state index in [1.807, 2.05) is 13.0 Å². The van der Waals surface area contributed by atoms with E-state index in [4.69, 9.17) is 18.6 Å². The number of methoxy groups -OCH3 is 3. The summed E-state index contributed by atoms with van der Waals surface area (Å²) in [5.74, 6) is 1.59. The number of fused-ring (bicyclic) bond motifs is 3. The van der Waals surface area contributed by atoms with Crippen LogP contribution in [0.1, 0.15) is 5.56 Å². The van der Waals surface area contributed by atoms with Crippen molar-refractivity contribution in [2.45, 2.75) is 6.92 Å². The Morgan fingerprint density at radius 3 is 2.29 bits per heavy atom. The first-order valence-electron chi connectivity index (χ1n) is 6.46. The van der Waals surface area contributed by atoms with Gasteiger partial charge in [0.1, 0.15) is 5.58 Å². The average molecular weight is 288 g/mol. The first-order valence-corrected chi connectivity index (χ1v) is 6.46. The molecular weight excluding hydrogens is 272 g/mol. The maximum Gasteiger partial charge on any atom is 0.204 e. The molecule has 0 saturated carbocycles. The Hall–Kier alpha value is -2.56. The second-order valence-corrected chi connectivity index (χ2v) is 4.73. The number of phenolic OH excluding ortho intramolecular Hbond substituents is 1. The van der Waals surface area contributed by atoms with E-state index in [2.05, 4.69) is 0 Å². The van der Waals surface area contributed by atoms with E-state index >= 15 is 0 Å². The van der Waals surface area contributed by atoms with Crippen molar-refractivity contribution in [1.82, 2.24) is 0 Å². The molecular formula is C16H16O5. The van der Waals surface area contributed by atoms with Crippen LogP contribution in [-0.4, -0.2) is 26.4 Å². The zero-order chi connectivity index (χ0) is 15.1. The van der Waals surface area contributed by atoms with Crippen molar-refractivity contribution < 1.29 is 23.7 Å². The molecule has 5 heteroatoms. The van der Waals surface area contributed by atoms with E-state index in [1.165, 1.54) is 7.11 Å². The van der Waals surface area contributed by atoms with Crippen LogP contribution in [0.4, 0.5) is 0 Å². The van der Waals surface area contributed by atoms with Gasteiger partial charge in [0, 0.05) is 5.39 Å². The van der Waals surface area contributed by atoms with Crippen molar-refractivity contribution in [3.8, 4) is 23.0 Å². The van der Waals surface area contributed by atoms with Gasteiger partial charge < -0.3 is 23.7 Å².